The second-order valence-corrected chi connectivity index (χ2v) is 6.68. The summed E-state index contributed by atoms with van der Waals surface area (Å²) in [6, 6.07) is 6.46. The Morgan fingerprint density at radius 1 is 1.05 bits per heavy atom. The Morgan fingerprint density at radius 2 is 1.63 bits per heavy atom. The molecule has 0 amide bonds. The van der Waals surface area contributed by atoms with Gasteiger partial charge in [-0.25, -0.2) is 0 Å². The maximum absolute atomic E-state index is 10.8. The largest absolute Gasteiger partial charge is 0.384 e. The molecular weight excluding hydrogens is 252 g/mol. The Bertz CT molecular complexity index is 570. The zero-order valence-electron chi connectivity index (χ0n) is 12.4. The van der Waals surface area contributed by atoms with Crippen LogP contribution in [0.15, 0.2) is 23.6 Å². The number of benzene rings is 1. The predicted molar refractivity (Wildman–Crippen MR) is 83.0 cm³/mol. The van der Waals surface area contributed by atoms with Gasteiger partial charge in [-0.05, 0) is 68.3 Å². The number of hydrogen-bond acceptors (Lipinski definition) is 2. The summed E-state index contributed by atoms with van der Waals surface area (Å²) >= 11 is 1.64. The second-order valence-electron chi connectivity index (χ2n) is 5.76. The minimum absolute atomic E-state index is 0.673. The van der Waals surface area contributed by atoms with Gasteiger partial charge in [0.2, 0.25) is 0 Å². The molecule has 0 bridgehead atoms. The van der Waals surface area contributed by atoms with E-state index in [0.717, 1.165) is 4.88 Å². The lowest BCUT2D eigenvalue weighted by molar-refractivity contribution is 0.0606. The van der Waals surface area contributed by atoms with Crippen LogP contribution in [0.25, 0.3) is 0 Å². The molecule has 0 spiro atoms. The summed E-state index contributed by atoms with van der Waals surface area (Å²) in [7, 11) is 0. The average Bonchev–Trinajstić information content (AvgIpc) is 2.70. The van der Waals surface area contributed by atoms with E-state index in [1.807, 2.05) is 12.3 Å². The summed E-state index contributed by atoms with van der Waals surface area (Å²) in [6.07, 6.45) is 0.673. The van der Waals surface area contributed by atoms with Crippen molar-refractivity contribution in [3.8, 4) is 0 Å². The van der Waals surface area contributed by atoms with Crippen LogP contribution in [0.1, 0.15) is 39.6 Å². The zero-order valence-corrected chi connectivity index (χ0v) is 13.2. The minimum atomic E-state index is -0.789. The molecule has 0 aliphatic heterocycles. The average molecular weight is 274 g/mol. The molecule has 0 aliphatic carbocycles. The molecule has 0 aliphatic rings. The molecule has 0 saturated carbocycles. The van der Waals surface area contributed by atoms with Gasteiger partial charge in [0, 0.05) is 11.3 Å². The molecule has 1 N–H and O–H groups in total. The lowest BCUT2D eigenvalue weighted by atomic mass is 9.88. The lowest BCUT2D eigenvalue weighted by Crippen LogP contribution is -2.25. The fraction of sp³-hybridized carbons (Fsp3) is 0.412. The van der Waals surface area contributed by atoms with E-state index in [0.29, 0.717) is 6.42 Å². The molecule has 102 valence electrons. The number of aryl methyl sites for hydroxylation is 4. The van der Waals surface area contributed by atoms with Crippen LogP contribution >= 0.6 is 11.3 Å². The van der Waals surface area contributed by atoms with Crippen molar-refractivity contribution >= 4 is 11.3 Å². The van der Waals surface area contributed by atoms with E-state index in [2.05, 4.69) is 45.9 Å². The third-order valence-electron chi connectivity index (χ3n) is 3.71. The quantitative estimate of drug-likeness (QED) is 0.877. The molecule has 2 aromatic rings. The topological polar surface area (TPSA) is 20.2 Å². The monoisotopic (exact) mass is 274 g/mol. The van der Waals surface area contributed by atoms with E-state index < -0.39 is 5.60 Å². The van der Waals surface area contributed by atoms with E-state index in [1.54, 1.807) is 11.3 Å². The van der Waals surface area contributed by atoms with Gasteiger partial charge in [-0.15, -0.1) is 11.3 Å². The summed E-state index contributed by atoms with van der Waals surface area (Å²) < 4.78 is 0. The Balaban J connectivity index is 2.39. The van der Waals surface area contributed by atoms with Gasteiger partial charge in [-0.2, -0.15) is 0 Å². The van der Waals surface area contributed by atoms with Crippen molar-refractivity contribution in [3.05, 3.63) is 56.3 Å². The van der Waals surface area contributed by atoms with Crippen LogP contribution < -0.4 is 0 Å². The summed E-state index contributed by atoms with van der Waals surface area (Å²) in [5.74, 6) is 0. The van der Waals surface area contributed by atoms with Crippen LogP contribution in [-0.4, -0.2) is 5.11 Å². The Morgan fingerprint density at radius 3 is 2.11 bits per heavy atom. The van der Waals surface area contributed by atoms with Gasteiger partial charge in [-0.1, -0.05) is 17.7 Å². The van der Waals surface area contributed by atoms with Gasteiger partial charge in [0.05, 0.1) is 0 Å². The molecule has 1 atom stereocenters. The molecule has 2 rings (SSSR count). The van der Waals surface area contributed by atoms with Crippen molar-refractivity contribution in [2.45, 2.75) is 46.6 Å². The Hall–Kier alpha value is -1.12. The van der Waals surface area contributed by atoms with Crippen molar-refractivity contribution in [2.75, 3.05) is 0 Å². The Labute approximate surface area is 119 Å². The van der Waals surface area contributed by atoms with Gasteiger partial charge in [0.25, 0.3) is 0 Å². The third-order valence-corrected chi connectivity index (χ3v) is 4.98. The highest BCUT2D eigenvalue weighted by atomic mass is 32.1. The molecule has 0 radical (unpaired) electrons. The van der Waals surface area contributed by atoms with Gasteiger partial charge >= 0.3 is 0 Å². The number of hydrogen-bond donors (Lipinski definition) is 1. The van der Waals surface area contributed by atoms with Gasteiger partial charge < -0.3 is 5.11 Å². The fourth-order valence-electron chi connectivity index (χ4n) is 2.84. The molecule has 2 heteroatoms. The molecule has 1 unspecified atom stereocenters. The summed E-state index contributed by atoms with van der Waals surface area (Å²) in [5.41, 5.74) is 5.48. The first-order valence-electron chi connectivity index (χ1n) is 6.65. The molecule has 1 nitrogen and oxygen atoms in total. The normalized spacial score (nSPS) is 14.4. The first kappa shape index (κ1) is 14.3. The minimum Gasteiger partial charge on any atom is -0.384 e. The van der Waals surface area contributed by atoms with E-state index in [-0.39, 0.29) is 0 Å². The number of aliphatic hydroxyl groups is 1. The summed E-state index contributed by atoms with van der Waals surface area (Å²) in [6.45, 7) is 10.4. The highest BCUT2D eigenvalue weighted by Crippen LogP contribution is 2.33. The van der Waals surface area contributed by atoms with Crippen LogP contribution in [-0.2, 0) is 12.0 Å². The van der Waals surface area contributed by atoms with Crippen molar-refractivity contribution < 1.29 is 5.11 Å². The standard InChI is InChI=1S/C17H22OS/c1-11-8-13(3)15(14(4)9-11)10-17(5,18)16-12(2)6-7-19-16/h6-9,18H,10H2,1-5H3. The van der Waals surface area contributed by atoms with Gasteiger partial charge in [0.15, 0.2) is 0 Å². The van der Waals surface area contributed by atoms with Gasteiger partial charge in [-0.3, -0.25) is 0 Å². The predicted octanol–water partition coefficient (Wildman–Crippen LogP) is 4.43. The molecule has 0 fully saturated rings. The van der Waals surface area contributed by atoms with Crippen LogP contribution in [0, 0.1) is 27.7 Å². The molecule has 19 heavy (non-hydrogen) atoms. The van der Waals surface area contributed by atoms with Crippen LogP contribution in [0.3, 0.4) is 0 Å². The summed E-state index contributed by atoms with van der Waals surface area (Å²) in [5, 5.41) is 12.9. The van der Waals surface area contributed by atoms with Crippen molar-refractivity contribution in [3.63, 3.8) is 0 Å². The van der Waals surface area contributed by atoms with Gasteiger partial charge in [0.1, 0.15) is 5.60 Å². The van der Waals surface area contributed by atoms with E-state index >= 15 is 0 Å². The SMILES string of the molecule is Cc1cc(C)c(CC(C)(O)c2sccc2C)c(C)c1. The first-order valence-corrected chi connectivity index (χ1v) is 7.53. The van der Waals surface area contributed by atoms with Crippen molar-refractivity contribution in [1.29, 1.82) is 0 Å². The maximum atomic E-state index is 10.8. The maximum Gasteiger partial charge on any atom is 0.100 e. The second kappa shape index (κ2) is 5.10. The van der Waals surface area contributed by atoms with Crippen molar-refractivity contribution in [2.24, 2.45) is 0 Å². The van der Waals surface area contributed by atoms with Crippen LogP contribution in [0.5, 0.6) is 0 Å². The van der Waals surface area contributed by atoms with E-state index in [1.165, 1.54) is 27.8 Å². The molecule has 1 aromatic heterocycles. The fourth-order valence-corrected chi connectivity index (χ4v) is 3.83. The Kier molecular flexibility index (Phi) is 3.84. The first-order chi connectivity index (χ1) is 8.81. The lowest BCUT2D eigenvalue weighted by Gasteiger charge is -2.25. The number of thiophene rings is 1. The highest BCUT2D eigenvalue weighted by Gasteiger charge is 2.27. The number of rotatable bonds is 3. The van der Waals surface area contributed by atoms with E-state index in [4.69, 9.17) is 0 Å². The third kappa shape index (κ3) is 2.90. The molecule has 1 aromatic carbocycles. The van der Waals surface area contributed by atoms with E-state index in [9.17, 15) is 5.11 Å². The van der Waals surface area contributed by atoms with Crippen LogP contribution in [0.4, 0.5) is 0 Å². The highest BCUT2D eigenvalue weighted by molar-refractivity contribution is 7.10. The smallest absolute Gasteiger partial charge is 0.100 e. The molecule has 1 heterocycles. The zero-order chi connectivity index (χ0) is 14.2. The summed E-state index contributed by atoms with van der Waals surface area (Å²) in [4.78, 5) is 1.08. The van der Waals surface area contributed by atoms with Crippen LogP contribution in [0.2, 0.25) is 0 Å². The molecule has 0 saturated heterocycles. The van der Waals surface area contributed by atoms with Crippen molar-refractivity contribution in [1.82, 2.24) is 0 Å². The molecular formula is C17H22OS.